The minimum absolute atomic E-state index is 0.379. The van der Waals surface area contributed by atoms with Crippen molar-refractivity contribution in [3.05, 3.63) is 29.2 Å². The second-order valence-corrected chi connectivity index (χ2v) is 3.31. The maximum absolute atomic E-state index is 11.4. The van der Waals surface area contributed by atoms with Crippen LogP contribution in [0, 0.1) is 13.8 Å². The molecule has 0 saturated heterocycles. The van der Waals surface area contributed by atoms with E-state index in [0.29, 0.717) is 11.2 Å². The zero-order valence-electron chi connectivity index (χ0n) is 8.48. The zero-order valence-corrected chi connectivity index (χ0v) is 8.48. The number of aryl methyl sites for hydroxylation is 2. The van der Waals surface area contributed by atoms with Gasteiger partial charge in [-0.3, -0.25) is 10.2 Å². The number of nitrogens with two attached hydrogens (primary N) is 1. The molecule has 0 aliphatic carbocycles. The first-order chi connectivity index (χ1) is 7.13. The van der Waals surface area contributed by atoms with Crippen LogP contribution in [0.3, 0.4) is 0 Å². The van der Waals surface area contributed by atoms with Crippen LogP contribution < -0.4 is 11.3 Å². The highest BCUT2D eigenvalue weighted by atomic mass is 16.2. The standard InChI is InChI=1S/C9H11N5O/c1-5-3-6(2)14-8(12-5)7(4-11-14)9(15)13-10/h3-4H,10H2,1-2H3,(H,13,15). The van der Waals surface area contributed by atoms with E-state index in [1.165, 1.54) is 6.20 Å². The number of rotatable bonds is 1. The molecular weight excluding hydrogens is 194 g/mol. The lowest BCUT2D eigenvalue weighted by molar-refractivity contribution is 0.0955. The molecule has 0 bridgehead atoms. The summed E-state index contributed by atoms with van der Waals surface area (Å²) >= 11 is 0. The Hall–Kier alpha value is -1.95. The van der Waals surface area contributed by atoms with Crippen LogP contribution in [-0.2, 0) is 0 Å². The number of carbonyl (C=O) groups is 1. The molecule has 0 radical (unpaired) electrons. The molecule has 78 valence electrons. The fraction of sp³-hybridized carbons (Fsp3) is 0.222. The molecule has 0 unspecified atom stereocenters. The number of hydrazine groups is 1. The van der Waals surface area contributed by atoms with Crippen molar-refractivity contribution >= 4 is 11.6 Å². The molecule has 0 fully saturated rings. The van der Waals surface area contributed by atoms with E-state index < -0.39 is 0 Å². The molecule has 0 atom stereocenters. The molecular formula is C9H11N5O. The van der Waals surface area contributed by atoms with Crippen LogP contribution in [0.1, 0.15) is 21.7 Å². The van der Waals surface area contributed by atoms with Crippen molar-refractivity contribution in [2.24, 2.45) is 5.84 Å². The van der Waals surface area contributed by atoms with Crippen molar-refractivity contribution in [2.75, 3.05) is 0 Å². The van der Waals surface area contributed by atoms with Gasteiger partial charge in [0.25, 0.3) is 5.91 Å². The quantitative estimate of drug-likeness (QED) is 0.388. The maximum atomic E-state index is 11.4. The van der Waals surface area contributed by atoms with Gasteiger partial charge in [-0.1, -0.05) is 0 Å². The van der Waals surface area contributed by atoms with Gasteiger partial charge in [-0.2, -0.15) is 5.10 Å². The second-order valence-electron chi connectivity index (χ2n) is 3.31. The van der Waals surface area contributed by atoms with E-state index >= 15 is 0 Å². The predicted molar refractivity (Wildman–Crippen MR) is 54.1 cm³/mol. The van der Waals surface area contributed by atoms with Crippen LogP contribution in [0.15, 0.2) is 12.3 Å². The van der Waals surface area contributed by atoms with Crippen LogP contribution in [-0.4, -0.2) is 20.5 Å². The Kier molecular flexibility index (Phi) is 2.12. The summed E-state index contributed by atoms with van der Waals surface area (Å²) in [7, 11) is 0. The van der Waals surface area contributed by atoms with Crippen LogP contribution >= 0.6 is 0 Å². The van der Waals surface area contributed by atoms with E-state index in [4.69, 9.17) is 5.84 Å². The van der Waals surface area contributed by atoms with Gasteiger partial charge in [-0.25, -0.2) is 15.3 Å². The van der Waals surface area contributed by atoms with Gasteiger partial charge >= 0.3 is 0 Å². The third-order valence-corrected chi connectivity index (χ3v) is 2.15. The average molecular weight is 205 g/mol. The largest absolute Gasteiger partial charge is 0.290 e. The van der Waals surface area contributed by atoms with Crippen LogP contribution in [0.4, 0.5) is 0 Å². The van der Waals surface area contributed by atoms with E-state index in [0.717, 1.165) is 11.4 Å². The normalized spacial score (nSPS) is 10.6. The molecule has 0 aromatic carbocycles. The number of hydrogen-bond acceptors (Lipinski definition) is 4. The first-order valence-corrected chi connectivity index (χ1v) is 4.46. The minimum Gasteiger partial charge on any atom is -0.290 e. The number of nitrogen functional groups attached to an aromatic ring is 1. The van der Waals surface area contributed by atoms with Gasteiger partial charge in [0.15, 0.2) is 5.65 Å². The Morgan fingerprint density at radius 1 is 1.53 bits per heavy atom. The molecule has 0 aliphatic heterocycles. The molecule has 6 heteroatoms. The molecule has 0 saturated carbocycles. The molecule has 0 aliphatic rings. The molecule has 2 rings (SSSR count). The predicted octanol–water partition coefficient (Wildman–Crippen LogP) is -0.0504. The molecule has 0 spiro atoms. The van der Waals surface area contributed by atoms with Gasteiger partial charge in [-0.15, -0.1) is 0 Å². The molecule has 2 aromatic rings. The third-order valence-electron chi connectivity index (χ3n) is 2.15. The fourth-order valence-corrected chi connectivity index (χ4v) is 1.51. The number of hydrogen-bond donors (Lipinski definition) is 2. The Morgan fingerprint density at radius 2 is 2.27 bits per heavy atom. The Balaban J connectivity index is 2.74. The van der Waals surface area contributed by atoms with Gasteiger partial charge in [0.1, 0.15) is 5.56 Å². The van der Waals surface area contributed by atoms with E-state index in [-0.39, 0.29) is 5.91 Å². The molecule has 2 heterocycles. The number of carbonyl (C=O) groups excluding carboxylic acids is 1. The van der Waals surface area contributed by atoms with Crippen molar-refractivity contribution in [1.29, 1.82) is 0 Å². The van der Waals surface area contributed by atoms with Crippen LogP contribution in [0.2, 0.25) is 0 Å². The fourth-order valence-electron chi connectivity index (χ4n) is 1.51. The highest BCUT2D eigenvalue weighted by molar-refractivity contribution is 5.99. The summed E-state index contributed by atoms with van der Waals surface area (Å²) in [4.78, 5) is 15.6. The first-order valence-electron chi connectivity index (χ1n) is 4.46. The zero-order chi connectivity index (χ0) is 11.0. The third kappa shape index (κ3) is 1.44. The molecule has 1 amide bonds. The van der Waals surface area contributed by atoms with Crippen molar-refractivity contribution in [1.82, 2.24) is 20.0 Å². The topological polar surface area (TPSA) is 85.3 Å². The summed E-state index contributed by atoms with van der Waals surface area (Å²) in [6, 6.07) is 1.89. The summed E-state index contributed by atoms with van der Waals surface area (Å²) < 4.78 is 1.61. The van der Waals surface area contributed by atoms with Gasteiger partial charge in [-0.05, 0) is 19.9 Å². The lowest BCUT2D eigenvalue weighted by Crippen LogP contribution is -2.30. The van der Waals surface area contributed by atoms with Crippen LogP contribution in [0.25, 0.3) is 5.65 Å². The molecule has 6 nitrogen and oxygen atoms in total. The molecule has 3 N–H and O–H groups in total. The summed E-state index contributed by atoms with van der Waals surface area (Å²) in [5.74, 6) is 4.68. The number of fused-ring (bicyclic) bond motifs is 1. The minimum atomic E-state index is -0.387. The molecule has 2 aromatic heterocycles. The van der Waals surface area contributed by atoms with Crippen molar-refractivity contribution < 1.29 is 4.79 Å². The number of amides is 1. The van der Waals surface area contributed by atoms with Crippen molar-refractivity contribution in [3.8, 4) is 0 Å². The van der Waals surface area contributed by atoms with Gasteiger partial charge < -0.3 is 0 Å². The highest BCUT2D eigenvalue weighted by Crippen LogP contribution is 2.11. The van der Waals surface area contributed by atoms with E-state index in [1.807, 2.05) is 19.9 Å². The van der Waals surface area contributed by atoms with Crippen molar-refractivity contribution in [2.45, 2.75) is 13.8 Å². The summed E-state index contributed by atoms with van der Waals surface area (Å²) in [5.41, 5.74) is 4.73. The maximum Gasteiger partial charge on any atom is 0.270 e. The summed E-state index contributed by atoms with van der Waals surface area (Å²) in [5, 5.41) is 4.07. The SMILES string of the molecule is Cc1cc(C)n2ncc(C(=O)NN)c2n1. The Bertz CT molecular complexity index is 531. The summed E-state index contributed by atoms with van der Waals surface area (Å²) in [6.45, 7) is 3.77. The summed E-state index contributed by atoms with van der Waals surface area (Å²) in [6.07, 6.45) is 1.46. The van der Waals surface area contributed by atoms with Crippen LogP contribution in [0.5, 0.6) is 0 Å². The number of nitrogens with one attached hydrogen (secondary N) is 1. The smallest absolute Gasteiger partial charge is 0.270 e. The van der Waals surface area contributed by atoms with E-state index in [1.54, 1.807) is 4.52 Å². The first kappa shape index (κ1) is 9.60. The van der Waals surface area contributed by atoms with Gasteiger partial charge in [0, 0.05) is 11.4 Å². The highest BCUT2D eigenvalue weighted by Gasteiger charge is 2.13. The number of nitrogens with zero attached hydrogens (tertiary/aromatic N) is 3. The van der Waals surface area contributed by atoms with Gasteiger partial charge in [0.2, 0.25) is 0 Å². The van der Waals surface area contributed by atoms with Gasteiger partial charge in [0.05, 0.1) is 6.20 Å². The number of aromatic nitrogens is 3. The Morgan fingerprint density at radius 3 is 2.93 bits per heavy atom. The lowest BCUT2D eigenvalue weighted by atomic mass is 10.3. The monoisotopic (exact) mass is 205 g/mol. The Labute approximate surface area is 86.1 Å². The van der Waals surface area contributed by atoms with E-state index in [2.05, 4.69) is 15.5 Å². The second kappa shape index (κ2) is 3.32. The lowest BCUT2D eigenvalue weighted by Gasteiger charge is -2.01. The average Bonchev–Trinajstić information content (AvgIpc) is 2.60. The van der Waals surface area contributed by atoms with Crippen molar-refractivity contribution in [3.63, 3.8) is 0 Å². The van der Waals surface area contributed by atoms with E-state index in [9.17, 15) is 4.79 Å². The molecule has 15 heavy (non-hydrogen) atoms.